The maximum absolute atomic E-state index is 12.7. The molecule has 120 valence electrons. The number of carbonyl (C=O) groups is 1. The molecule has 0 aromatic rings. The second-order valence-electron chi connectivity index (χ2n) is 8.66. The van der Waals surface area contributed by atoms with Crippen LogP contribution < -0.4 is 0 Å². The molecule has 0 spiro atoms. The highest BCUT2D eigenvalue weighted by atomic mass is 16.5. The average Bonchev–Trinajstić information content (AvgIpc) is 2.42. The van der Waals surface area contributed by atoms with E-state index in [4.69, 9.17) is 4.74 Å². The molecule has 0 unspecified atom stereocenters. The Balaban J connectivity index is 1.50. The van der Waals surface area contributed by atoms with E-state index in [1.165, 1.54) is 19.3 Å². The number of ether oxygens (including phenoxy) is 1. The van der Waals surface area contributed by atoms with Gasteiger partial charge in [0, 0.05) is 6.42 Å². The molecule has 4 rings (SSSR count). The highest BCUT2D eigenvalue weighted by molar-refractivity contribution is 5.77. The van der Waals surface area contributed by atoms with Gasteiger partial charge in [0.05, 0.1) is 39.2 Å². The number of carbonyl (C=O) groups excluding carboxylic acids is 1. The lowest BCUT2D eigenvalue weighted by Crippen LogP contribution is -2.50. The second-order valence-corrected chi connectivity index (χ2v) is 8.66. The first kappa shape index (κ1) is 15.3. The number of rotatable bonds is 6. The van der Waals surface area contributed by atoms with Crippen LogP contribution in [0.15, 0.2) is 0 Å². The van der Waals surface area contributed by atoms with Gasteiger partial charge in [0.25, 0.3) is 0 Å². The van der Waals surface area contributed by atoms with Crippen LogP contribution in [0, 0.1) is 23.2 Å². The third-order valence-corrected chi connectivity index (χ3v) is 6.47. The normalized spacial score (nSPS) is 37.8. The topological polar surface area (TPSA) is 26.3 Å². The minimum Gasteiger partial charge on any atom is -0.465 e. The van der Waals surface area contributed by atoms with Gasteiger partial charge in [0.1, 0.15) is 0 Å². The number of hydrogen-bond donors (Lipinski definition) is 0. The fraction of sp³-hybridized carbons (Fsp3) is 0.944. The summed E-state index contributed by atoms with van der Waals surface area (Å²) >= 11 is 0. The highest BCUT2D eigenvalue weighted by Gasteiger charge is 2.55. The summed E-state index contributed by atoms with van der Waals surface area (Å²) in [6, 6.07) is 0. The third-order valence-electron chi connectivity index (χ3n) is 6.47. The number of esters is 1. The molecule has 0 radical (unpaired) electrons. The zero-order valence-electron chi connectivity index (χ0n) is 14.1. The van der Waals surface area contributed by atoms with E-state index < -0.39 is 0 Å². The van der Waals surface area contributed by atoms with Gasteiger partial charge in [-0.3, -0.25) is 4.79 Å². The van der Waals surface area contributed by atoms with Crippen LogP contribution in [-0.2, 0) is 9.53 Å². The van der Waals surface area contributed by atoms with Crippen LogP contribution in [0.5, 0.6) is 0 Å². The summed E-state index contributed by atoms with van der Waals surface area (Å²) in [7, 11) is 4.47. The van der Waals surface area contributed by atoms with Crippen molar-refractivity contribution in [3.05, 3.63) is 0 Å². The molecule has 4 aliphatic rings. The molecule has 3 nitrogen and oxygen atoms in total. The Labute approximate surface area is 129 Å². The summed E-state index contributed by atoms with van der Waals surface area (Å²) in [4.78, 5) is 12.7. The van der Waals surface area contributed by atoms with Gasteiger partial charge in [-0.15, -0.1) is 0 Å². The van der Waals surface area contributed by atoms with E-state index in [9.17, 15) is 4.79 Å². The quantitative estimate of drug-likeness (QED) is 0.427. The minimum atomic E-state index is -0.0795. The first-order valence-electron chi connectivity index (χ1n) is 8.92. The Morgan fingerprint density at radius 2 is 1.62 bits per heavy atom. The Bertz CT molecular complexity index is 367. The molecule has 0 heterocycles. The number of quaternary nitrogens is 1. The maximum Gasteiger partial charge on any atom is 0.312 e. The highest BCUT2D eigenvalue weighted by Crippen LogP contribution is 2.60. The number of hydrogen-bond acceptors (Lipinski definition) is 2. The smallest absolute Gasteiger partial charge is 0.312 e. The molecule has 0 aromatic carbocycles. The SMILES string of the molecule is CC[N+](C)(C)CCCOC(=O)C12CC3CC(CC(C3)C1)C2. The first-order chi connectivity index (χ1) is 9.92. The predicted octanol–water partition coefficient (Wildman–Crippen LogP) is 3.23. The van der Waals surface area contributed by atoms with Crippen molar-refractivity contribution in [2.45, 2.75) is 51.9 Å². The van der Waals surface area contributed by atoms with Crippen molar-refractivity contribution in [1.82, 2.24) is 0 Å². The zero-order chi connectivity index (χ0) is 15.1. The maximum atomic E-state index is 12.7. The lowest BCUT2D eigenvalue weighted by Gasteiger charge is -2.55. The lowest BCUT2D eigenvalue weighted by atomic mass is 9.49. The van der Waals surface area contributed by atoms with Gasteiger partial charge in [-0.1, -0.05) is 0 Å². The molecule has 0 aliphatic heterocycles. The standard InChI is InChI=1S/C18H32NO2/c1-4-19(2,3)6-5-7-21-17(20)18-11-14-8-15(12-18)10-16(9-14)13-18/h14-16H,4-13H2,1-3H3/q+1. The molecular formula is C18H32NO2+. The largest absolute Gasteiger partial charge is 0.465 e. The number of nitrogens with zero attached hydrogens (tertiary/aromatic N) is 1. The van der Waals surface area contributed by atoms with Crippen LogP contribution in [0.3, 0.4) is 0 Å². The summed E-state index contributed by atoms with van der Waals surface area (Å²) in [6.45, 7) is 5.04. The molecular weight excluding hydrogens is 262 g/mol. The van der Waals surface area contributed by atoms with Crippen LogP contribution in [0.4, 0.5) is 0 Å². The van der Waals surface area contributed by atoms with E-state index in [-0.39, 0.29) is 11.4 Å². The van der Waals surface area contributed by atoms with Gasteiger partial charge in [0.2, 0.25) is 0 Å². The summed E-state index contributed by atoms with van der Waals surface area (Å²) in [5.41, 5.74) is -0.0795. The minimum absolute atomic E-state index is 0.0795. The molecule has 0 aromatic heterocycles. The molecule has 4 aliphatic carbocycles. The fourth-order valence-electron chi connectivity index (χ4n) is 5.33. The average molecular weight is 294 g/mol. The van der Waals surface area contributed by atoms with E-state index in [1.54, 1.807) is 0 Å². The van der Waals surface area contributed by atoms with Crippen molar-refractivity contribution < 1.29 is 14.0 Å². The Hall–Kier alpha value is -0.570. The lowest BCUT2D eigenvalue weighted by molar-refractivity contribution is -0.888. The molecule has 0 N–H and O–H groups in total. The predicted molar refractivity (Wildman–Crippen MR) is 83.7 cm³/mol. The van der Waals surface area contributed by atoms with E-state index in [0.29, 0.717) is 6.61 Å². The Morgan fingerprint density at radius 3 is 2.10 bits per heavy atom. The first-order valence-corrected chi connectivity index (χ1v) is 8.92. The van der Waals surface area contributed by atoms with Crippen molar-refractivity contribution in [3.63, 3.8) is 0 Å². The molecule has 4 saturated carbocycles. The van der Waals surface area contributed by atoms with Gasteiger partial charge in [-0.2, -0.15) is 0 Å². The van der Waals surface area contributed by atoms with Crippen molar-refractivity contribution in [2.24, 2.45) is 23.2 Å². The van der Waals surface area contributed by atoms with E-state index >= 15 is 0 Å². The van der Waals surface area contributed by atoms with Crippen molar-refractivity contribution >= 4 is 5.97 Å². The van der Waals surface area contributed by atoms with Gasteiger partial charge in [-0.05, 0) is 63.2 Å². The van der Waals surface area contributed by atoms with Crippen LogP contribution in [0.2, 0.25) is 0 Å². The van der Waals surface area contributed by atoms with E-state index in [2.05, 4.69) is 21.0 Å². The van der Waals surface area contributed by atoms with Gasteiger partial charge in [-0.25, -0.2) is 0 Å². The zero-order valence-corrected chi connectivity index (χ0v) is 14.1. The summed E-state index contributed by atoms with van der Waals surface area (Å²) in [5, 5.41) is 0. The van der Waals surface area contributed by atoms with Crippen LogP contribution in [-0.4, -0.2) is 44.2 Å². The van der Waals surface area contributed by atoms with E-state index in [1.807, 2.05) is 0 Å². The molecule has 21 heavy (non-hydrogen) atoms. The molecule has 3 heteroatoms. The molecule has 0 saturated heterocycles. The van der Waals surface area contributed by atoms with Crippen molar-refractivity contribution in [3.8, 4) is 0 Å². The second kappa shape index (κ2) is 5.57. The van der Waals surface area contributed by atoms with Crippen LogP contribution >= 0.6 is 0 Å². The fourth-order valence-corrected chi connectivity index (χ4v) is 5.33. The van der Waals surface area contributed by atoms with Gasteiger partial charge < -0.3 is 9.22 Å². The Kier molecular flexibility index (Phi) is 4.06. The monoisotopic (exact) mass is 294 g/mol. The van der Waals surface area contributed by atoms with Gasteiger partial charge >= 0.3 is 5.97 Å². The molecule has 4 fully saturated rings. The molecule has 0 atom stereocenters. The van der Waals surface area contributed by atoms with E-state index in [0.717, 1.165) is 61.0 Å². The molecule has 0 amide bonds. The van der Waals surface area contributed by atoms with Crippen molar-refractivity contribution in [2.75, 3.05) is 33.8 Å². The Morgan fingerprint density at radius 1 is 1.10 bits per heavy atom. The van der Waals surface area contributed by atoms with Gasteiger partial charge in [0.15, 0.2) is 0 Å². The molecule has 4 bridgehead atoms. The third kappa shape index (κ3) is 3.13. The van der Waals surface area contributed by atoms with Crippen molar-refractivity contribution in [1.29, 1.82) is 0 Å². The van der Waals surface area contributed by atoms with Crippen LogP contribution in [0.1, 0.15) is 51.9 Å². The summed E-state index contributed by atoms with van der Waals surface area (Å²) in [6.07, 6.45) is 8.49. The summed E-state index contributed by atoms with van der Waals surface area (Å²) < 4.78 is 6.73. The van der Waals surface area contributed by atoms with Crippen LogP contribution in [0.25, 0.3) is 0 Å². The summed E-state index contributed by atoms with van der Waals surface area (Å²) in [5.74, 6) is 2.60.